The predicted octanol–water partition coefficient (Wildman–Crippen LogP) is 2.29. The van der Waals surface area contributed by atoms with Gasteiger partial charge in [0.25, 0.3) is 0 Å². The molecule has 2 amide bonds. The minimum Gasteiger partial charge on any atom is -0.350 e. The van der Waals surface area contributed by atoms with E-state index in [1.807, 2.05) is 32.9 Å². The first kappa shape index (κ1) is 15.2. The van der Waals surface area contributed by atoms with E-state index in [-0.39, 0.29) is 18.4 Å². The maximum Gasteiger partial charge on any atom is 0.239 e. The van der Waals surface area contributed by atoms with Crippen molar-refractivity contribution < 1.29 is 9.59 Å². The van der Waals surface area contributed by atoms with Crippen LogP contribution in [0.15, 0.2) is 15.9 Å². The Bertz CT molecular complexity index is 438. The first-order chi connectivity index (χ1) is 8.29. The molecule has 4 nitrogen and oxygen atoms in total. The van der Waals surface area contributed by atoms with Gasteiger partial charge in [-0.25, -0.2) is 0 Å². The van der Waals surface area contributed by atoms with Crippen molar-refractivity contribution in [1.29, 1.82) is 0 Å². The van der Waals surface area contributed by atoms with E-state index in [1.165, 1.54) is 0 Å². The molecule has 0 bridgehead atoms. The van der Waals surface area contributed by atoms with Gasteiger partial charge in [-0.2, -0.15) is 0 Å². The van der Waals surface area contributed by atoms with Crippen molar-refractivity contribution in [2.24, 2.45) is 5.41 Å². The van der Waals surface area contributed by atoms with E-state index in [2.05, 4.69) is 26.6 Å². The van der Waals surface area contributed by atoms with Crippen LogP contribution >= 0.6 is 27.3 Å². The minimum atomic E-state index is -0.473. The third kappa shape index (κ3) is 5.18. The van der Waals surface area contributed by atoms with Crippen LogP contribution in [0, 0.1) is 5.41 Å². The summed E-state index contributed by atoms with van der Waals surface area (Å²) in [6, 6.07) is 3.89. The van der Waals surface area contributed by atoms with Gasteiger partial charge in [0, 0.05) is 10.3 Å². The highest BCUT2D eigenvalue weighted by atomic mass is 79.9. The molecule has 0 aliphatic heterocycles. The van der Waals surface area contributed by atoms with Crippen LogP contribution in [0.3, 0.4) is 0 Å². The normalized spacial score (nSPS) is 11.1. The summed E-state index contributed by atoms with van der Waals surface area (Å²) in [4.78, 5) is 24.1. The molecule has 0 aliphatic carbocycles. The van der Waals surface area contributed by atoms with Gasteiger partial charge in [0.05, 0.1) is 16.9 Å². The third-order valence-corrected chi connectivity index (χ3v) is 3.80. The predicted molar refractivity (Wildman–Crippen MR) is 76.3 cm³/mol. The van der Waals surface area contributed by atoms with Gasteiger partial charge in [-0.15, -0.1) is 11.3 Å². The smallest absolute Gasteiger partial charge is 0.239 e. The molecule has 2 N–H and O–H groups in total. The molecule has 0 fully saturated rings. The molecule has 0 spiro atoms. The lowest BCUT2D eigenvalue weighted by atomic mass is 9.96. The van der Waals surface area contributed by atoms with Crippen molar-refractivity contribution >= 4 is 39.1 Å². The molecule has 0 radical (unpaired) electrons. The molecule has 6 heteroatoms. The number of thiophene rings is 1. The van der Waals surface area contributed by atoms with Gasteiger partial charge >= 0.3 is 0 Å². The zero-order chi connectivity index (χ0) is 13.8. The van der Waals surface area contributed by atoms with E-state index < -0.39 is 5.41 Å². The first-order valence-corrected chi connectivity index (χ1v) is 7.19. The second kappa shape index (κ2) is 6.33. The summed E-state index contributed by atoms with van der Waals surface area (Å²) in [7, 11) is 0. The fraction of sp³-hybridized carbons (Fsp3) is 0.500. The number of rotatable bonds is 4. The summed E-state index contributed by atoms with van der Waals surface area (Å²) in [5.74, 6) is -0.311. The zero-order valence-electron chi connectivity index (χ0n) is 10.7. The van der Waals surface area contributed by atoms with Crippen molar-refractivity contribution in [3.63, 3.8) is 0 Å². The highest BCUT2D eigenvalue weighted by Crippen LogP contribution is 2.21. The number of amides is 2. The van der Waals surface area contributed by atoms with Crippen molar-refractivity contribution in [1.82, 2.24) is 10.6 Å². The Labute approximate surface area is 119 Å². The van der Waals surface area contributed by atoms with E-state index in [4.69, 9.17) is 0 Å². The number of hydrogen-bond acceptors (Lipinski definition) is 3. The molecular formula is C12H17BrN2O2S. The van der Waals surface area contributed by atoms with Gasteiger partial charge in [0.1, 0.15) is 0 Å². The molecule has 0 saturated heterocycles. The number of halogens is 1. The van der Waals surface area contributed by atoms with E-state index in [9.17, 15) is 9.59 Å². The lowest BCUT2D eigenvalue weighted by molar-refractivity contribution is -0.131. The maximum atomic E-state index is 11.6. The van der Waals surface area contributed by atoms with Crippen molar-refractivity contribution in [2.45, 2.75) is 27.3 Å². The van der Waals surface area contributed by atoms with Crippen molar-refractivity contribution in [3.05, 3.63) is 20.8 Å². The molecule has 1 heterocycles. The monoisotopic (exact) mass is 332 g/mol. The molecule has 1 rings (SSSR count). The molecule has 0 saturated carbocycles. The van der Waals surface area contributed by atoms with Gasteiger partial charge in [-0.1, -0.05) is 20.8 Å². The Morgan fingerprint density at radius 1 is 1.28 bits per heavy atom. The van der Waals surface area contributed by atoms with Crippen LogP contribution in [-0.2, 0) is 16.1 Å². The quantitative estimate of drug-likeness (QED) is 0.888. The Morgan fingerprint density at radius 3 is 2.44 bits per heavy atom. The van der Waals surface area contributed by atoms with Gasteiger partial charge in [0.15, 0.2) is 0 Å². The summed E-state index contributed by atoms with van der Waals surface area (Å²) in [5.41, 5.74) is -0.473. The molecule has 100 valence electrons. The first-order valence-electron chi connectivity index (χ1n) is 5.58. The lowest BCUT2D eigenvalue weighted by Gasteiger charge is -2.17. The van der Waals surface area contributed by atoms with E-state index in [0.717, 1.165) is 8.66 Å². The number of carbonyl (C=O) groups excluding carboxylic acids is 2. The van der Waals surface area contributed by atoms with Crippen LogP contribution in [0.4, 0.5) is 0 Å². The van der Waals surface area contributed by atoms with Crippen LogP contribution < -0.4 is 10.6 Å². The van der Waals surface area contributed by atoms with Crippen LogP contribution in [0.5, 0.6) is 0 Å². The molecule has 18 heavy (non-hydrogen) atoms. The average molecular weight is 333 g/mol. The fourth-order valence-electron chi connectivity index (χ4n) is 1.12. The molecule has 0 atom stereocenters. The Hall–Kier alpha value is -0.880. The molecule has 1 aromatic rings. The van der Waals surface area contributed by atoms with Crippen molar-refractivity contribution in [3.8, 4) is 0 Å². The van der Waals surface area contributed by atoms with Gasteiger partial charge in [-0.05, 0) is 28.1 Å². The van der Waals surface area contributed by atoms with Crippen molar-refractivity contribution in [2.75, 3.05) is 6.54 Å². The zero-order valence-corrected chi connectivity index (χ0v) is 13.1. The SMILES string of the molecule is CC(C)(C)C(=O)NCC(=O)NCc1ccc(Br)s1. The highest BCUT2D eigenvalue weighted by Gasteiger charge is 2.21. The Morgan fingerprint density at radius 2 is 1.94 bits per heavy atom. The largest absolute Gasteiger partial charge is 0.350 e. The molecule has 0 unspecified atom stereocenters. The van der Waals surface area contributed by atoms with E-state index in [1.54, 1.807) is 11.3 Å². The molecular weight excluding hydrogens is 316 g/mol. The molecule has 0 aliphatic rings. The van der Waals surface area contributed by atoms with Gasteiger partial charge in [-0.3, -0.25) is 9.59 Å². The number of carbonyl (C=O) groups is 2. The van der Waals surface area contributed by atoms with Crippen LogP contribution in [0.2, 0.25) is 0 Å². The molecule has 1 aromatic heterocycles. The second-order valence-corrected chi connectivity index (χ2v) is 7.46. The Balaban J connectivity index is 2.28. The third-order valence-electron chi connectivity index (χ3n) is 2.18. The Kier molecular flexibility index (Phi) is 5.34. The average Bonchev–Trinajstić information content (AvgIpc) is 2.67. The maximum absolute atomic E-state index is 11.6. The summed E-state index contributed by atoms with van der Waals surface area (Å²) in [5, 5.41) is 5.36. The summed E-state index contributed by atoms with van der Waals surface area (Å²) in [6.45, 7) is 5.93. The van der Waals surface area contributed by atoms with E-state index in [0.29, 0.717) is 6.54 Å². The number of nitrogens with one attached hydrogen (secondary N) is 2. The highest BCUT2D eigenvalue weighted by molar-refractivity contribution is 9.11. The summed E-state index contributed by atoms with van der Waals surface area (Å²) >= 11 is 4.93. The minimum absolute atomic E-state index is 0.0165. The topological polar surface area (TPSA) is 58.2 Å². The van der Waals surface area contributed by atoms with Gasteiger partial charge in [0.2, 0.25) is 11.8 Å². The summed E-state index contributed by atoms with van der Waals surface area (Å²) in [6.07, 6.45) is 0. The van der Waals surface area contributed by atoms with Crippen LogP contribution in [-0.4, -0.2) is 18.4 Å². The van der Waals surface area contributed by atoms with Gasteiger partial charge < -0.3 is 10.6 Å². The summed E-state index contributed by atoms with van der Waals surface area (Å²) < 4.78 is 1.03. The van der Waals surface area contributed by atoms with Crippen LogP contribution in [0.1, 0.15) is 25.6 Å². The lowest BCUT2D eigenvalue weighted by Crippen LogP contribution is -2.41. The molecule has 0 aromatic carbocycles. The van der Waals surface area contributed by atoms with E-state index >= 15 is 0 Å². The number of hydrogen-bond donors (Lipinski definition) is 2. The standard InChI is InChI=1S/C12H17BrN2O2S/c1-12(2,3)11(17)15-7-10(16)14-6-8-4-5-9(13)18-8/h4-5H,6-7H2,1-3H3,(H,14,16)(H,15,17). The fourth-order valence-corrected chi connectivity index (χ4v) is 2.54. The second-order valence-electron chi connectivity index (χ2n) is 4.92. The van der Waals surface area contributed by atoms with Crippen LogP contribution in [0.25, 0.3) is 0 Å².